The zero-order chi connectivity index (χ0) is 23.9. The van der Waals surface area contributed by atoms with Crippen LogP contribution in [0.5, 0.6) is 5.75 Å². The summed E-state index contributed by atoms with van der Waals surface area (Å²) in [5.41, 5.74) is -0.239. The Labute approximate surface area is 185 Å². The number of ether oxygens (including phenoxy) is 1. The summed E-state index contributed by atoms with van der Waals surface area (Å²) in [7, 11) is 1.51. The summed E-state index contributed by atoms with van der Waals surface area (Å²) in [6, 6.07) is 4.25. The number of aromatic hydroxyl groups is 1. The van der Waals surface area contributed by atoms with E-state index in [0.717, 1.165) is 0 Å². The number of rotatable bonds is 8. The molecular formula is C23H37N3O5. The number of phenolic OH excluding ortho intramolecular Hbond substituents is 1. The van der Waals surface area contributed by atoms with E-state index in [0.29, 0.717) is 12.0 Å². The number of phenols is 1. The number of nitrogens with one attached hydrogen (secondary N) is 2. The molecule has 0 heterocycles. The highest BCUT2D eigenvalue weighted by molar-refractivity contribution is 5.92. The fraction of sp³-hybridized carbons (Fsp3) is 0.609. The van der Waals surface area contributed by atoms with Crippen LogP contribution >= 0.6 is 0 Å². The minimum atomic E-state index is -0.975. The summed E-state index contributed by atoms with van der Waals surface area (Å²) in [5, 5.41) is 15.4. The first-order valence-electron chi connectivity index (χ1n) is 10.6. The summed E-state index contributed by atoms with van der Waals surface area (Å²) in [4.78, 5) is 40.0. The van der Waals surface area contributed by atoms with Gasteiger partial charge in [0.05, 0.1) is 0 Å². The second-order valence-electron chi connectivity index (χ2n) is 9.44. The van der Waals surface area contributed by atoms with Crippen LogP contribution in [0.2, 0.25) is 0 Å². The van der Waals surface area contributed by atoms with Crippen molar-refractivity contribution in [1.29, 1.82) is 0 Å². The molecule has 31 heavy (non-hydrogen) atoms. The first-order chi connectivity index (χ1) is 14.2. The molecule has 2 unspecified atom stereocenters. The lowest BCUT2D eigenvalue weighted by molar-refractivity contribution is -0.141. The van der Waals surface area contributed by atoms with Gasteiger partial charge in [0.25, 0.3) is 0 Å². The number of carbonyl (C=O) groups is 3. The highest BCUT2D eigenvalue weighted by Crippen LogP contribution is 2.25. The van der Waals surface area contributed by atoms with Crippen LogP contribution in [0.25, 0.3) is 0 Å². The van der Waals surface area contributed by atoms with Crippen molar-refractivity contribution in [1.82, 2.24) is 15.5 Å². The van der Waals surface area contributed by atoms with Crippen LogP contribution in [-0.2, 0) is 14.3 Å². The van der Waals surface area contributed by atoms with Gasteiger partial charge in [0, 0.05) is 13.1 Å². The lowest BCUT2D eigenvalue weighted by Gasteiger charge is -2.32. The highest BCUT2D eigenvalue weighted by Gasteiger charge is 2.34. The lowest BCUT2D eigenvalue weighted by Crippen LogP contribution is -2.52. The molecule has 0 radical (unpaired) electrons. The number of alkyl carbamates (subject to hydrolysis) is 1. The average molecular weight is 436 g/mol. The Bertz CT molecular complexity index is 771. The number of nitrogens with zero attached hydrogens (tertiary/aromatic N) is 1. The molecule has 1 aromatic rings. The van der Waals surface area contributed by atoms with Crippen molar-refractivity contribution in [2.45, 2.75) is 78.6 Å². The maximum absolute atomic E-state index is 13.4. The normalized spacial score (nSPS) is 13.5. The number of likely N-dealkylation sites (N-methyl/N-ethyl adjacent to an activating group) is 1. The molecule has 0 bridgehead atoms. The summed E-state index contributed by atoms with van der Waals surface area (Å²) in [6.45, 7) is 12.8. The predicted molar refractivity (Wildman–Crippen MR) is 120 cm³/mol. The molecule has 1 rings (SSSR count). The molecule has 0 spiro atoms. The second-order valence-corrected chi connectivity index (χ2v) is 9.44. The molecule has 0 saturated carbocycles. The Morgan fingerprint density at radius 1 is 1.10 bits per heavy atom. The van der Waals surface area contributed by atoms with E-state index in [2.05, 4.69) is 10.6 Å². The SMILES string of the molecule is CC(C)CC(NC(=O)OC(C)(C)C)C(=O)N(C)C(C(=O)NC(C)C)c1cccc(O)c1. The molecule has 0 aliphatic carbocycles. The Kier molecular flexibility index (Phi) is 9.34. The van der Waals surface area contributed by atoms with Crippen molar-refractivity contribution in [3.05, 3.63) is 29.8 Å². The van der Waals surface area contributed by atoms with Crippen molar-refractivity contribution in [3.8, 4) is 5.75 Å². The van der Waals surface area contributed by atoms with E-state index in [1.807, 2.05) is 27.7 Å². The third kappa shape index (κ3) is 8.86. The molecule has 1 aromatic carbocycles. The Balaban J connectivity index is 3.23. The van der Waals surface area contributed by atoms with Crippen LogP contribution in [-0.4, -0.2) is 52.6 Å². The first kappa shape index (κ1) is 26.3. The van der Waals surface area contributed by atoms with Gasteiger partial charge in [-0.25, -0.2) is 4.79 Å². The molecule has 0 aliphatic heterocycles. The van der Waals surface area contributed by atoms with E-state index in [4.69, 9.17) is 4.74 Å². The van der Waals surface area contributed by atoms with Crippen LogP contribution in [0.1, 0.15) is 66.5 Å². The minimum absolute atomic E-state index is 0.00805. The molecule has 0 aromatic heterocycles. The van der Waals surface area contributed by atoms with Gasteiger partial charge in [-0.15, -0.1) is 0 Å². The molecule has 0 saturated heterocycles. The van der Waals surface area contributed by atoms with E-state index >= 15 is 0 Å². The lowest BCUT2D eigenvalue weighted by atomic mass is 9.99. The maximum atomic E-state index is 13.4. The molecule has 0 fully saturated rings. The quantitative estimate of drug-likeness (QED) is 0.580. The predicted octanol–water partition coefficient (Wildman–Crippen LogP) is 3.36. The standard InChI is InChI=1S/C23H37N3O5/c1-14(2)12-18(25-22(30)31-23(5,6)7)21(29)26(8)19(20(28)24-15(3)4)16-10-9-11-17(27)13-16/h9-11,13-15,18-19,27H,12H2,1-8H3,(H,24,28)(H,25,30). The highest BCUT2D eigenvalue weighted by atomic mass is 16.6. The third-order valence-corrected chi connectivity index (χ3v) is 4.30. The van der Waals surface area contributed by atoms with Crippen LogP contribution in [0.15, 0.2) is 24.3 Å². The largest absolute Gasteiger partial charge is 0.508 e. The number of amides is 3. The number of hydrogen-bond acceptors (Lipinski definition) is 5. The van der Waals surface area contributed by atoms with Crippen molar-refractivity contribution in [2.75, 3.05) is 7.05 Å². The van der Waals surface area contributed by atoms with Gasteiger partial charge in [-0.1, -0.05) is 26.0 Å². The van der Waals surface area contributed by atoms with Crippen molar-refractivity contribution < 1.29 is 24.2 Å². The van der Waals surface area contributed by atoms with E-state index in [-0.39, 0.29) is 23.6 Å². The van der Waals surface area contributed by atoms with Gasteiger partial charge in [-0.3, -0.25) is 9.59 Å². The van der Waals surface area contributed by atoms with E-state index < -0.39 is 29.7 Å². The molecule has 8 heteroatoms. The van der Waals surface area contributed by atoms with E-state index in [9.17, 15) is 19.5 Å². The zero-order valence-corrected chi connectivity index (χ0v) is 19.9. The van der Waals surface area contributed by atoms with E-state index in [1.54, 1.807) is 32.9 Å². The van der Waals surface area contributed by atoms with Crippen molar-refractivity contribution in [3.63, 3.8) is 0 Å². The fourth-order valence-electron chi connectivity index (χ4n) is 3.12. The number of hydrogen-bond donors (Lipinski definition) is 3. The van der Waals surface area contributed by atoms with Crippen LogP contribution < -0.4 is 10.6 Å². The summed E-state index contributed by atoms with van der Waals surface area (Å²) in [6.07, 6.45) is -0.318. The summed E-state index contributed by atoms with van der Waals surface area (Å²) in [5.74, 6) is -0.698. The van der Waals surface area contributed by atoms with E-state index in [1.165, 1.54) is 24.1 Å². The topological polar surface area (TPSA) is 108 Å². The fourth-order valence-corrected chi connectivity index (χ4v) is 3.12. The summed E-state index contributed by atoms with van der Waals surface area (Å²) < 4.78 is 5.31. The molecule has 0 aliphatic rings. The van der Waals surface area contributed by atoms with Crippen LogP contribution in [0.3, 0.4) is 0 Å². The third-order valence-electron chi connectivity index (χ3n) is 4.30. The van der Waals surface area contributed by atoms with Gasteiger partial charge in [0.15, 0.2) is 0 Å². The number of benzene rings is 1. The second kappa shape index (κ2) is 11.0. The molecule has 3 N–H and O–H groups in total. The smallest absolute Gasteiger partial charge is 0.408 e. The molecule has 2 atom stereocenters. The van der Waals surface area contributed by atoms with Gasteiger partial charge in [0.2, 0.25) is 11.8 Å². The van der Waals surface area contributed by atoms with Gasteiger partial charge in [0.1, 0.15) is 23.4 Å². The minimum Gasteiger partial charge on any atom is -0.508 e. The van der Waals surface area contributed by atoms with Crippen LogP contribution in [0, 0.1) is 5.92 Å². The van der Waals surface area contributed by atoms with Gasteiger partial charge >= 0.3 is 6.09 Å². The maximum Gasteiger partial charge on any atom is 0.408 e. The monoisotopic (exact) mass is 435 g/mol. The Morgan fingerprint density at radius 3 is 2.19 bits per heavy atom. The van der Waals surface area contributed by atoms with Crippen molar-refractivity contribution in [2.24, 2.45) is 5.92 Å². The number of carbonyl (C=O) groups excluding carboxylic acids is 3. The van der Waals surface area contributed by atoms with Gasteiger partial charge < -0.3 is 25.4 Å². The van der Waals surface area contributed by atoms with Gasteiger partial charge in [-0.05, 0) is 64.7 Å². The van der Waals surface area contributed by atoms with Gasteiger partial charge in [-0.2, -0.15) is 0 Å². The Hall–Kier alpha value is -2.77. The molecule has 3 amide bonds. The average Bonchev–Trinajstić information content (AvgIpc) is 2.58. The molecule has 8 nitrogen and oxygen atoms in total. The first-order valence-corrected chi connectivity index (χ1v) is 10.6. The molecule has 174 valence electrons. The Morgan fingerprint density at radius 2 is 1.71 bits per heavy atom. The summed E-state index contributed by atoms with van der Waals surface area (Å²) >= 11 is 0. The van der Waals surface area contributed by atoms with Crippen molar-refractivity contribution >= 4 is 17.9 Å². The zero-order valence-electron chi connectivity index (χ0n) is 19.9. The molecular weight excluding hydrogens is 398 g/mol. The van der Waals surface area contributed by atoms with Crippen LogP contribution in [0.4, 0.5) is 4.79 Å².